The van der Waals surface area contributed by atoms with Gasteiger partial charge in [-0.1, -0.05) is 6.08 Å². The number of ether oxygens (including phenoxy) is 2. The predicted octanol–water partition coefficient (Wildman–Crippen LogP) is 2.57. The lowest BCUT2D eigenvalue weighted by molar-refractivity contribution is -0.147. The van der Waals surface area contributed by atoms with Crippen molar-refractivity contribution in [1.29, 1.82) is 5.26 Å². The summed E-state index contributed by atoms with van der Waals surface area (Å²) in [6.45, 7) is 4.14. The van der Waals surface area contributed by atoms with Crippen LogP contribution in [0.3, 0.4) is 0 Å². The lowest BCUT2D eigenvalue weighted by atomic mass is 9.71. The van der Waals surface area contributed by atoms with Crippen LogP contribution < -0.4 is 4.74 Å². The molecular weight excluding hydrogens is 306 g/mol. The molecule has 0 amide bonds. The fourth-order valence-corrected chi connectivity index (χ4v) is 3.29. The van der Waals surface area contributed by atoms with Gasteiger partial charge in [-0.15, -0.1) is 0 Å². The molecule has 1 fully saturated rings. The number of esters is 1. The Bertz CT molecular complexity index is 785. The van der Waals surface area contributed by atoms with Gasteiger partial charge in [-0.25, -0.2) is 0 Å². The van der Waals surface area contributed by atoms with E-state index in [1.807, 2.05) is 26.0 Å². The molecule has 1 heterocycles. The van der Waals surface area contributed by atoms with Crippen molar-refractivity contribution in [2.75, 3.05) is 6.61 Å². The van der Waals surface area contributed by atoms with Gasteiger partial charge < -0.3 is 9.47 Å². The van der Waals surface area contributed by atoms with Crippen LogP contribution in [0.1, 0.15) is 19.4 Å². The standard InChI is InChI=1S/C19H17NO4/c1-3-13-11-23-19(2)9-8-15(21)16(17(13)19)18(22)24-14-6-4-12(10-20)5-7-14/h3-9,16-17H,11H2,1-2H3/b13-3+/t16-,17?,19-/m1/s1. The molecule has 0 aromatic heterocycles. The van der Waals surface area contributed by atoms with Gasteiger partial charge in [-0.3, -0.25) is 9.59 Å². The number of rotatable bonds is 2. The first-order chi connectivity index (χ1) is 11.5. The SMILES string of the molecule is C/C=C1\CO[C@]2(C)C=CC(=O)[C@@H](C(=O)Oc3ccc(C#N)cc3)C12. The number of ketones is 1. The van der Waals surface area contributed by atoms with Crippen LogP contribution in [0.2, 0.25) is 0 Å². The Labute approximate surface area is 140 Å². The number of hydrogen-bond donors (Lipinski definition) is 0. The van der Waals surface area contributed by atoms with Gasteiger partial charge >= 0.3 is 5.97 Å². The van der Waals surface area contributed by atoms with Crippen molar-refractivity contribution in [2.45, 2.75) is 19.4 Å². The topological polar surface area (TPSA) is 76.4 Å². The molecule has 24 heavy (non-hydrogen) atoms. The quantitative estimate of drug-likeness (QED) is 0.362. The Balaban J connectivity index is 1.88. The summed E-state index contributed by atoms with van der Waals surface area (Å²) in [5.74, 6) is -1.85. The maximum absolute atomic E-state index is 12.7. The lowest BCUT2D eigenvalue weighted by Crippen LogP contribution is -2.46. The second-order valence-electron chi connectivity index (χ2n) is 6.08. The summed E-state index contributed by atoms with van der Waals surface area (Å²) >= 11 is 0. The number of fused-ring (bicyclic) bond motifs is 1. The van der Waals surface area contributed by atoms with Crippen LogP contribution >= 0.6 is 0 Å². The highest BCUT2D eigenvalue weighted by Gasteiger charge is 2.53. The summed E-state index contributed by atoms with van der Waals surface area (Å²) in [4.78, 5) is 25.0. The van der Waals surface area contributed by atoms with E-state index in [9.17, 15) is 9.59 Å². The smallest absolute Gasteiger partial charge is 0.322 e. The molecule has 3 atom stereocenters. The van der Waals surface area contributed by atoms with Gasteiger partial charge in [0.15, 0.2) is 5.78 Å². The van der Waals surface area contributed by atoms with Crippen LogP contribution in [-0.2, 0) is 14.3 Å². The van der Waals surface area contributed by atoms with Crippen LogP contribution in [0.4, 0.5) is 0 Å². The van der Waals surface area contributed by atoms with E-state index >= 15 is 0 Å². The third-order valence-corrected chi connectivity index (χ3v) is 4.61. The second kappa shape index (κ2) is 6.06. The van der Waals surface area contributed by atoms with E-state index in [1.54, 1.807) is 30.3 Å². The maximum Gasteiger partial charge on any atom is 0.322 e. The minimum atomic E-state index is -0.927. The van der Waals surface area contributed by atoms with Crippen molar-refractivity contribution in [2.24, 2.45) is 11.8 Å². The van der Waals surface area contributed by atoms with Gasteiger partial charge in [0.2, 0.25) is 0 Å². The Hall–Kier alpha value is -2.71. The van der Waals surface area contributed by atoms with Gasteiger partial charge in [0.05, 0.1) is 23.8 Å². The molecule has 5 heteroatoms. The van der Waals surface area contributed by atoms with E-state index in [0.29, 0.717) is 17.9 Å². The van der Waals surface area contributed by atoms with Crippen LogP contribution in [0.15, 0.2) is 48.1 Å². The molecule has 1 unspecified atom stereocenters. The molecule has 0 bridgehead atoms. The zero-order chi connectivity index (χ0) is 17.3. The van der Waals surface area contributed by atoms with Crippen molar-refractivity contribution in [3.63, 3.8) is 0 Å². The highest BCUT2D eigenvalue weighted by Crippen LogP contribution is 2.45. The lowest BCUT2D eigenvalue weighted by Gasteiger charge is -2.34. The van der Waals surface area contributed by atoms with Gasteiger partial charge in [0, 0.05) is 5.92 Å². The van der Waals surface area contributed by atoms with Gasteiger partial charge in [-0.2, -0.15) is 5.26 Å². The molecule has 0 saturated carbocycles. The molecule has 2 aliphatic rings. The van der Waals surface area contributed by atoms with Crippen molar-refractivity contribution >= 4 is 11.8 Å². The van der Waals surface area contributed by atoms with Crippen LogP contribution in [-0.4, -0.2) is 24.0 Å². The zero-order valence-electron chi connectivity index (χ0n) is 13.5. The third-order valence-electron chi connectivity index (χ3n) is 4.61. The average Bonchev–Trinajstić information content (AvgIpc) is 2.92. The molecule has 0 N–H and O–H groups in total. The van der Waals surface area contributed by atoms with Crippen LogP contribution in [0.5, 0.6) is 5.75 Å². The molecule has 122 valence electrons. The number of carbonyl (C=O) groups excluding carboxylic acids is 2. The first-order valence-electron chi connectivity index (χ1n) is 7.72. The molecular formula is C19H17NO4. The van der Waals surface area contributed by atoms with Crippen LogP contribution in [0.25, 0.3) is 0 Å². The first kappa shape index (κ1) is 16.2. The van der Waals surface area contributed by atoms with E-state index in [1.165, 1.54) is 6.08 Å². The van der Waals surface area contributed by atoms with Gasteiger partial charge in [0.1, 0.15) is 11.7 Å². The maximum atomic E-state index is 12.7. The molecule has 5 nitrogen and oxygen atoms in total. The molecule has 3 rings (SSSR count). The van der Waals surface area contributed by atoms with Gasteiger partial charge in [0.25, 0.3) is 0 Å². The van der Waals surface area contributed by atoms with Gasteiger partial charge in [-0.05, 0) is 55.8 Å². The summed E-state index contributed by atoms with van der Waals surface area (Å²) < 4.78 is 11.2. The van der Waals surface area contributed by atoms with Crippen molar-refractivity contribution in [1.82, 2.24) is 0 Å². The molecule has 1 aliphatic carbocycles. The van der Waals surface area contributed by atoms with E-state index in [4.69, 9.17) is 14.7 Å². The Morgan fingerprint density at radius 1 is 1.42 bits per heavy atom. The fourth-order valence-electron chi connectivity index (χ4n) is 3.29. The molecule has 1 saturated heterocycles. The Morgan fingerprint density at radius 2 is 2.12 bits per heavy atom. The highest BCUT2D eigenvalue weighted by molar-refractivity contribution is 6.07. The highest BCUT2D eigenvalue weighted by atomic mass is 16.5. The van der Waals surface area contributed by atoms with Crippen molar-refractivity contribution in [3.8, 4) is 11.8 Å². The minimum absolute atomic E-state index is 0.277. The van der Waals surface area contributed by atoms with Crippen molar-refractivity contribution in [3.05, 3.63) is 53.6 Å². The summed E-state index contributed by atoms with van der Waals surface area (Å²) in [7, 11) is 0. The van der Waals surface area contributed by atoms with E-state index in [0.717, 1.165) is 5.57 Å². The van der Waals surface area contributed by atoms with E-state index in [2.05, 4.69) is 0 Å². The normalized spacial score (nSPS) is 30.0. The fraction of sp³-hybridized carbons (Fsp3) is 0.316. The van der Waals surface area contributed by atoms with E-state index in [-0.39, 0.29) is 11.7 Å². The summed E-state index contributed by atoms with van der Waals surface area (Å²) in [5.41, 5.74) is 0.723. The summed E-state index contributed by atoms with van der Waals surface area (Å²) in [5, 5.41) is 8.81. The Morgan fingerprint density at radius 3 is 2.75 bits per heavy atom. The number of allylic oxidation sites excluding steroid dienone is 2. The van der Waals surface area contributed by atoms with E-state index < -0.39 is 17.5 Å². The van der Waals surface area contributed by atoms with Crippen LogP contribution in [0, 0.1) is 23.2 Å². The molecule has 0 radical (unpaired) electrons. The number of hydrogen-bond acceptors (Lipinski definition) is 5. The third kappa shape index (κ3) is 2.66. The number of nitrogens with zero attached hydrogens (tertiary/aromatic N) is 1. The largest absolute Gasteiger partial charge is 0.426 e. The van der Waals surface area contributed by atoms with Crippen molar-refractivity contribution < 1.29 is 19.1 Å². The number of carbonyl (C=O) groups is 2. The minimum Gasteiger partial charge on any atom is -0.426 e. The average molecular weight is 323 g/mol. The predicted molar refractivity (Wildman–Crippen MR) is 86.0 cm³/mol. The molecule has 0 spiro atoms. The molecule has 1 aromatic rings. The number of benzene rings is 1. The molecule has 1 aliphatic heterocycles. The molecule has 1 aromatic carbocycles. The Kier molecular flexibility index (Phi) is 4.08. The first-order valence-corrected chi connectivity index (χ1v) is 7.72. The summed E-state index contributed by atoms with van der Waals surface area (Å²) in [6, 6.07) is 8.20. The zero-order valence-corrected chi connectivity index (χ0v) is 13.5. The monoisotopic (exact) mass is 323 g/mol. The summed E-state index contributed by atoms with van der Waals surface area (Å²) in [6.07, 6.45) is 5.02. The number of nitriles is 1. The second-order valence-corrected chi connectivity index (χ2v) is 6.08.